The zero-order valence-electron chi connectivity index (χ0n) is 12.3. The number of imidazole rings is 1. The molecule has 2 aromatic heterocycles. The summed E-state index contributed by atoms with van der Waals surface area (Å²) in [6, 6.07) is 0. The molecule has 18 heavy (non-hydrogen) atoms. The second-order valence-electron chi connectivity index (χ2n) is 6.34. The summed E-state index contributed by atoms with van der Waals surface area (Å²) in [5.74, 6) is 1.82. The number of rotatable bonds is 2. The normalized spacial score (nSPS) is 13.3. The van der Waals surface area contributed by atoms with Crippen LogP contribution in [0.3, 0.4) is 0 Å². The number of aryl methyl sites for hydroxylation is 2. The summed E-state index contributed by atoms with van der Waals surface area (Å²) in [5, 5.41) is 0.198. The van der Waals surface area contributed by atoms with E-state index in [-0.39, 0.29) is 5.04 Å². The Kier molecular flexibility index (Phi) is 3.10. The first-order valence-corrected chi connectivity index (χ1v) is 9.98. The highest BCUT2D eigenvalue weighted by Gasteiger charge is 2.40. The van der Waals surface area contributed by atoms with E-state index >= 15 is 0 Å². The van der Waals surface area contributed by atoms with Gasteiger partial charge in [-0.25, -0.2) is 0 Å². The molecule has 0 radical (unpaired) electrons. The smallest absolute Gasteiger partial charge is 0.252 e. The zero-order chi connectivity index (χ0) is 13.7. The lowest BCUT2D eigenvalue weighted by atomic mass is 10.2. The van der Waals surface area contributed by atoms with E-state index in [9.17, 15) is 0 Å². The van der Waals surface area contributed by atoms with Crippen molar-refractivity contribution in [2.45, 2.75) is 52.8 Å². The first kappa shape index (κ1) is 13.6. The average Bonchev–Trinajstić information content (AvgIpc) is 2.66. The van der Waals surface area contributed by atoms with Gasteiger partial charge in [-0.3, -0.25) is 4.40 Å². The molecule has 3 nitrogen and oxygen atoms in total. The van der Waals surface area contributed by atoms with Crippen molar-refractivity contribution in [1.82, 2.24) is 9.38 Å². The van der Waals surface area contributed by atoms with E-state index in [1.807, 2.05) is 6.92 Å². The van der Waals surface area contributed by atoms with E-state index in [2.05, 4.69) is 56.4 Å². The SMILES string of the molecule is Cc1cn2c(C)nc(O[Si](C)(C)C(C)(C)C)c2s1. The Morgan fingerprint density at radius 3 is 2.44 bits per heavy atom. The van der Waals surface area contributed by atoms with Gasteiger partial charge < -0.3 is 4.43 Å². The van der Waals surface area contributed by atoms with Gasteiger partial charge in [0, 0.05) is 11.1 Å². The summed E-state index contributed by atoms with van der Waals surface area (Å²) in [6.07, 6.45) is 2.13. The molecule has 0 aliphatic heterocycles. The minimum absolute atomic E-state index is 0.198. The second-order valence-corrected chi connectivity index (χ2v) is 12.3. The first-order chi connectivity index (χ1) is 8.12. The Morgan fingerprint density at radius 2 is 1.89 bits per heavy atom. The fourth-order valence-corrected chi connectivity index (χ4v) is 3.49. The predicted molar refractivity (Wildman–Crippen MR) is 80.4 cm³/mol. The highest BCUT2D eigenvalue weighted by atomic mass is 32.1. The van der Waals surface area contributed by atoms with Crippen LogP contribution in [-0.4, -0.2) is 17.7 Å². The number of hydrogen-bond donors (Lipinski definition) is 0. The van der Waals surface area contributed by atoms with Crippen molar-refractivity contribution in [2.75, 3.05) is 0 Å². The van der Waals surface area contributed by atoms with Crippen LogP contribution in [0, 0.1) is 13.8 Å². The van der Waals surface area contributed by atoms with E-state index in [4.69, 9.17) is 4.43 Å². The Labute approximate surface area is 114 Å². The van der Waals surface area contributed by atoms with Gasteiger partial charge >= 0.3 is 0 Å². The van der Waals surface area contributed by atoms with E-state index in [0.717, 1.165) is 16.5 Å². The summed E-state index contributed by atoms with van der Waals surface area (Å²) in [7, 11) is -1.81. The molecule has 2 heterocycles. The van der Waals surface area contributed by atoms with Gasteiger partial charge in [0.2, 0.25) is 5.88 Å². The van der Waals surface area contributed by atoms with Gasteiger partial charge in [-0.1, -0.05) is 20.8 Å². The number of aromatic nitrogens is 2. The molecule has 0 aliphatic rings. The third kappa shape index (κ3) is 2.21. The predicted octanol–water partition coefficient (Wildman–Crippen LogP) is 4.40. The summed E-state index contributed by atoms with van der Waals surface area (Å²) >= 11 is 1.75. The molecule has 0 unspecified atom stereocenters. The van der Waals surface area contributed by atoms with Crippen molar-refractivity contribution in [2.24, 2.45) is 0 Å². The molecule has 0 spiro atoms. The van der Waals surface area contributed by atoms with Crippen LogP contribution in [-0.2, 0) is 0 Å². The van der Waals surface area contributed by atoms with Gasteiger partial charge in [-0.2, -0.15) is 4.98 Å². The maximum absolute atomic E-state index is 6.33. The fraction of sp³-hybridized carbons (Fsp3) is 0.615. The molecule has 0 bridgehead atoms. The Morgan fingerprint density at radius 1 is 1.28 bits per heavy atom. The number of hydrogen-bond acceptors (Lipinski definition) is 3. The van der Waals surface area contributed by atoms with Crippen molar-refractivity contribution >= 4 is 24.5 Å². The van der Waals surface area contributed by atoms with Gasteiger partial charge in [-0.15, -0.1) is 11.3 Å². The zero-order valence-corrected chi connectivity index (χ0v) is 14.1. The minimum atomic E-state index is -1.81. The van der Waals surface area contributed by atoms with Gasteiger partial charge in [0.05, 0.1) is 0 Å². The Balaban J connectivity index is 2.44. The maximum Gasteiger partial charge on any atom is 0.252 e. The Bertz CT molecular complexity index is 578. The third-order valence-corrected chi connectivity index (χ3v) is 9.05. The Hall–Kier alpha value is -0.813. The summed E-state index contributed by atoms with van der Waals surface area (Å²) in [5.41, 5.74) is 0. The maximum atomic E-state index is 6.33. The highest BCUT2D eigenvalue weighted by molar-refractivity contribution is 7.17. The topological polar surface area (TPSA) is 26.5 Å². The van der Waals surface area contributed by atoms with Crippen LogP contribution in [0.5, 0.6) is 5.88 Å². The molecule has 0 amide bonds. The molecule has 0 saturated carbocycles. The first-order valence-electron chi connectivity index (χ1n) is 6.26. The van der Waals surface area contributed by atoms with Crippen LogP contribution in [0.15, 0.2) is 6.20 Å². The van der Waals surface area contributed by atoms with Crippen LogP contribution in [0.2, 0.25) is 18.1 Å². The largest absolute Gasteiger partial charge is 0.529 e. The average molecular weight is 282 g/mol. The molecule has 2 aromatic rings. The third-order valence-electron chi connectivity index (χ3n) is 3.74. The molecular formula is C13H22N2OSSi. The van der Waals surface area contributed by atoms with Crippen LogP contribution in [0.1, 0.15) is 31.5 Å². The highest BCUT2D eigenvalue weighted by Crippen LogP contribution is 2.39. The molecule has 100 valence electrons. The number of fused-ring (bicyclic) bond motifs is 1. The van der Waals surface area contributed by atoms with E-state index in [0.29, 0.717) is 0 Å². The molecule has 0 atom stereocenters. The second kappa shape index (κ2) is 4.10. The molecule has 0 fully saturated rings. The standard InChI is InChI=1S/C13H22N2OSSi/c1-9-8-15-10(2)14-11(12(15)17-9)16-18(6,7)13(3,4)5/h8H,1-7H3. The fourth-order valence-electron chi connectivity index (χ4n) is 1.57. The number of thiazole rings is 1. The monoisotopic (exact) mass is 282 g/mol. The van der Waals surface area contributed by atoms with Crippen molar-refractivity contribution in [1.29, 1.82) is 0 Å². The van der Waals surface area contributed by atoms with Crippen LogP contribution in [0.4, 0.5) is 0 Å². The number of nitrogens with zero attached hydrogens (tertiary/aromatic N) is 2. The van der Waals surface area contributed by atoms with E-state index < -0.39 is 8.32 Å². The molecule has 0 aromatic carbocycles. The van der Waals surface area contributed by atoms with Gasteiger partial charge in [0.1, 0.15) is 5.82 Å². The lowest BCUT2D eigenvalue weighted by Gasteiger charge is -2.35. The lowest BCUT2D eigenvalue weighted by Crippen LogP contribution is -2.44. The van der Waals surface area contributed by atoms with Crippen molar-refractivity contribution in [3.05, 3.63) is 16.9 Å². The van der Waals surface area contributed by atoms with Crippen LogP contribution in [0.25, 0.3) is 4.83 Å². The molecular weight excluding hydrogens is 260 g/mol. The summed E-state index contributed by atoms with van der Waals surface area (Å²) in [6.45, 7) is 15.4. The van der Waals surface area contributed by atoms with Gasteiger partial charge in [-0.05, 0) is 32.0 Å². The summed E-state index contributed by atoms with van der Waals surface area (Å²) < 4.78 is 8.46. The molecule has 2 rings (SSSR count). The molecule has 0 aliphatic carbocycles. The molecule has 0 saturated heterocycles. The minimum Gasteiger partial charge on any atom is -0.529 e. The summed E-state index contributed by atoms with van der Waals surface area (Å²) in [4.78, 5) is 7.00. The molecule has 0 N–H and O–H groups in total. The van der Waals surface area contributed by atoms with E-state index in [1.54, 1.807) is 11.3 Å². The van der Waals surface area contributed by atoms with Crippen molar-refractivity contribution in [3.63, 3.8) is 0 Å². The van der Waals surface area contributed by atoms with E-state index in [1.165, 1.54) is 4.88 Å². The van der Waals surface area contributed by atoms with Crippen LogP contribution < -0.4 is 4.43 Å². The van der Waals surface area contributed by atoms with Crippen LogP contribution >= 0.6 is 11.3 Å². The molecule has 5 heteroatoms. The van der Waals surface area contributed by atoms with Crippen molar-refractivity contribution < 1.29 is 4.43 Å². The van der Waals surface area contributed by atoms with Crippen molar-refractivity contribution in [3.8, 4) is 5.88 Å². The van der Waals surface area contributed by atoms with Gasteiger partial charge in [0.25, 0.3) is 8.32 Å². The lowest BCUT2D eigenvalue weighted by molar-refractivity contribution is 0.483. The van der Waals surface area contributed by atoms with Gasteiger partial charge in [0.15, 0.2) is 4.83 Å². The quantitative estimate of drug-likeness (QED) is 0.763.